The monoisotopic (exact) mass is 236 g/mol. The molecule has 0 atom stereocenters. The van der Waals surface area contributed by atoms with Gasteiger partial charge in [0.05, 0.1) is 6.54 Å². The van der Waals surface area contributed by atoms with E-state index in [4.69, 9.17) is 5.73 Å². The topological polar surface area (TPSA) is 62.5 Å². The lowest BCUT2D eigenvalue weighted by molar-refractivity contribution is -0.130. The first kappa shape index (κ1) is 13.4. The number of hydrogen-bond donors (Lipinski definition) is 1. The number of rotatable bonds is 5. The minimum Gasteiger partial charge on any atom is -0.383 e. The molecule has 1 rings (SSSR count). The van der Waals surface area contributed by atoms with Gasteiger partial charge in [0, 0.05) is 32.4 Å². The zero-order chi connectivity index (χ0) is 12.8. The van der Waals surface area contributed by atoms with Crippen LogP contribution >= 0.6 is 0 Å². The van der Waals surface area contributed by atoms with E-state index in [0.717, 1.165) is 12.1 Å². The van der Waals surface area contributed by atoms with Crippen LogP contribution in [0.15, 0.2) is 18.3 Å². The summed E-state index contributed by atoms with van der Waals surface area (Å²) < 4.78 is 0. The Balaban J connectivity index is 2.64. The molecule has 5 heteroatoms. The van der Waals surface area contributed by atoms with Gasteiger partial charge >= 0.3 is 0 Å². The largest absolute Gasteiger partial charge is 0.383 e. The highest BCUT2D eigenvalue weighted by Gasteiger charge is 2.12. The van der Waals surface area contributed by atoms with Crippen molar-refractivity contribution in [3.8, 4) is 0 Å². The predicted octanol–water partition coefficient (Wildman–Crippen LogP) is 0.574. The summed E-state index contributed by atoms with van der Waals surface area (Å²) in [5.41, 5.74) is 6.74. The first-order valence-corrected chi connectivity index (χ1v) is 5.66. The van der Waals surface area contributed by atoms with Crippen molar-refractivity contribution in [1.82, 2.24) is 14.8 Å². The van der Waals surface area contributed by atoms with E-state index >= 15 is 0 Å². The van der Waals surface area contributed by atoms with E-state index in [0.29, 0.717) is 18.9 Å². The Kier molecular flexibility index (Phi) is 4.90. The Bertz CT molecular complexity index is 379. The SMILES string of the molecule is CCN(CC(=O)N(C)C)Cc1cccnc1N. The highest BCUT2D eigenvalue weighted by Crippen LogP contribution is 2.10. The number of nitrogen functional groups attached to an aromatic ring is 1. The smallest absolute Gasteiger partial charge is 0.236 e. The number of likely N-dealkylation sites (N-methyl/N-ethyl adjacent to an activating group) is 2. The Morgan fingerprint density at radius 1 is 1.47 bits per heavy atom. The van der Waals surface area contributed by atoms with E-state index in [1.165, 1.54) is 0 Å². The van der Waals surface area contributed by atoms with Gasteiger partial charge in [-0.1, -0.05) is 13.0 Å². The van der Waals surface area contributed by atoms with Gasteiger partial charge in [-0.15, -0.1) is 0 Å². The van der Waals surface area contributed by atoms with Gasteiger partial charge in [-0.3, -0.25) is 9.69 Å². The van der Waals surface area contributed by atoms with Crippen LogP contribution in [0.5, 0.6) is 0 Å². The van der Waals surface area contributed by atoms with E-state index in [9.17, 15) is 4.79 Å². The average Bonchev–Trinajstić information content (AvgIpc) is 2.30. The molecule has 2 N–H and O–H groups in total. The number of hydrogen-bond acceptors (Lipinski definition) is 4. The van der Waals surface area contributed by atoms with Crippen molar-refractivity contribution in [2.45, 2.75) is 13.5 Å². The van der Waals surface area contributed by atoms with Crippen molar-refractivity contribution in [3.63, 3.8) is 0 Å². The molecule has 0 aromatic carbocycles. The summed E-state index contributed by atoms with van der Waals surface area (Å²) in [5, 5.41) is 0. The lowest BCUT2D eigenvalue weighted by Crippen LogP contribution is -2.36. The molecule has 0 aliphatic carbocycles. The Morgan fingerprint density at radius 2 is 2.18 bits per heavy atom. The molecule has 0 unspecified atom stereocenters. The van der Waals surface area contributed by atoms with Crippen LogP contribution in [0, 0.1) is 0 Å². The first-order chi connectivity index (χ1) is 8.04. The summed E-state index contributed by atoms with van der Waals surface area (Å²) in [4.78, 5) is 19.3. The Morgan fingerprint density at radius 3 is 2.71 bits per heavy atom. The highest BCUT2D eigenvalue weighted by atomic mass is 16.2. The summed E-state index contributed by atoms with van der Waals surface area (Å²) in [6.07, 6.45) is 1.67. The number of amides is 1. The molecular formula is C12H20N4O. The van der Waals surface area contributed by atoms with Crippen molar-refractivity contribution >= 4 is 11.7 Å². The minimum absolute atomic E-state index is 0.0920. The van der Waals surface area contributed by atoms with Gasteiger partial charge in [0.1, 0.15) is 5.82 Å². The average molecular weight is 236 g/mol. The van der Waals surface area contributed by atoms with E-state index in [-0.39, 0.29) is 5.91 Å². The summed E-state index contributed by atoms with van der Waals surface area (Å²) >= 11 is 0. The molecule has 1 heterocycles. The molecule has 0 radical (unpaired) electrons. The molecule has 0 fully saturated rings. The highest BCUT2D eigenvalue weighted by molar-refractivity contribution is 5.77. The van der Waals surface area contributed by atoms with Gasteiger partial charge in [0.2, 0.25) is 5.91 Å². The number of nitrogens with two attached hydrogens (primary N) is 1. The molecule has 0 bridgehead atoms. The van der Waals surface area contributed by atoms with E-state index in [1.807, 2.05) is 24.0 Å². The number of aromatic nitrogens is 1. The maximum atomic E-state index is 11.6. The molecule has 5 nitrogen and oxygen atoms in total. The molecule has 0 saturated heterocycles. The lowest BCUT2D eigenvalue weighted by Gasteiger charge is -2.22. The van der Waals surface area contributed by atoms with Crippen LogP contribution in [0.2, 0.25) is 0 Å². The molecule has 1 amide bonds. The molecule has 1 aromatic rings. The van der Waals surface area contributed by atoms with Crippen LogP contribution in [0.4, 0.5) is 5.82 Å². The van der Waals surface area contributed by atoms with Crippen LogP contribution in [-0.4, -0.2) is 47.9 Å². The number of nitrogens with zero attached hydrogens (tertiary/aromatic N) is 3. The van der Waals surface area contributed by atoms with Crippen LogP contribution in [-0.2, 0) is 11.3 Å². The third-order valence-electron chi connectivity index (χ3n) is 2.62. The molecule has 0 spiro atoms. The Labute approximate surface area is 102 Å². The van der Waals surface area contributed by atoms with Crippen molar-refractivity contribution in [2.24, 2.45) is 0 Å². The van der Waals surface area contributed by atoms with Crippen molar-refractivity contribution in [1.29, 1.82) is 0 Å². The van der Waals surface area contributed by atoms with Crippen LogP contribution in [0.3, 0.4) is 0 Å². The number of anilines is 1. The van der Waals surface area contributed by atoms with E-state index in [1.54, 1.807) is 25.2 Å². The molecule has 1 aromatic heterocycles. The Hall–Kier alpha value is -1.62. The van der Waals surface area contributed by atoms with Crippen molar-refractivity contribution in [2.75, 3.05) is 32.9 Å². The van der Waals surface area contributed by atoms with Crippen molar-refractivity contribution < 1.29 is 4.79 Å². The quantitative estimate of drug-likeness (QED) is 0.812. The molecule has 0 aliphatic rings. The van der Waals surface area contributed by atoms with Gasteiger partial charge in [0.15, 0.2) is 0 Å². The van der Waals surface area contributed by atoms with Gasteiger partial charge in [-0.25, -0.2) is 4.98 Å². The number of pyridine rings is 1. The summed E-state index contributed by atoms with van der Waals surface area (Å²) in [6, 6.07) is 3.79. The zero-order valence-corrected chi connectivity index (χ0v) is 10.7. The fourth-order valence-corrected chi connectivity index (χ4v) is 1.44. The third-order valence-corrected chi connectivity index (χ3v) is 2.62. The standard InChI is InChI=1S/C12H20N4O/c1-4-16(9-11(17)15(2)3)8-10-6-5-7-14-12(10)13/h5-7H,4,8-9H2,1-3H3,(H2,13,14). The van der Waals surface area contributed by atoms with Gasteiger partial charge < -0.3 is 10.6 Å². The zero-order valence-electron chi connectivity index (χ0n) is 10.7. The molecule has 0 saturated carbocycles. The molecule has 17 heavy (non-hydrogen) atoms. The van der Waals surface area contributed by atoms with Crippen LogP contribution < -0.4 is 5.73 Å². The maximum absolute atomic E-state index is 11.6. The molecular weight excluding hydrogens is 216 g/mol. The summed E-state index contributed by atoms with van der Waals surface area (Å²) in [5.74, 6) is 0.623. The fourth-order valence-electron chi connectivity index (χ4n) is 1.44. The van der Waals surface area contributed by atoms with E-state index in [2.05, 4.69) is 4.98 Å². The summed E-state index contributed by atoms with van der Waals surface area (Å²) in [6.45, 7) is 3.87. The van der Waals surface area contributed by atoms with Crippen molar-refractivity contribution in [3.05, 3.63) is 23.9 Å². The third kappa shape index (κ3) is 4.03. The van der Waals surface area contributed by atoms with Gasteiger partial charge in [0.25, 0.3) is 0 Å². The van der Waals surface area contributed by atoms with Gasteiger partial charge in [-0.05, 0) is 12.6 Å². The van der Waals surface area contributed by atoms with Crippen LogP contribution in [0.1, 0.15) is 12.5 Å². The summed E-state index contributed by atoms with van der Waals surface area (Å²) in [7, 11) is 3.52. The second kappa shape index (κ2) is 6.20. The molecule has 0 aliphatic heterocycles. The minimum atomic E-state index is 0.0920. The second-order valence-corrected chi connectivity index (χ2v) is 4.14. The van der Waals surface area contributed by atoms with Gasteiger partial charge in [-0.2, -0.15) is 0 Å². The predicted molar refractivity (Wildman–Crippen MR) is 68.3 cm³/mol. The normalized spacial score (nSPS) is 10.6. The first-order valence-electron chi connectivity index (χ1n) is 5.66. The second-order valence-electron chi connectivity index (χ2n) is 4.14. The maximum Gasteiger partial charge on any atom is 0.236 e. The van der Waals surface area contributed by atoms with Crippen LogP contribution in [0.25, 0.3) is 0 Å². The number of carbonyl (C=O) groups is 1. The lowest BCUT2D eigenvalue weighted by atomic mass is 10.2. The molecule has 94 valence electrons. The number of carbonyl (C=O) groups excluding carboxylic acids is 1. The van der Waals surface area contributed by atoms with E-state index < -0.39 is 0 Å². The fraction of sp³-hybridized carbons (Fsp3) is 0.500.